The molecule has 5 rings (SSSR count). The van der Waals surface area contributed by atoms with Gasteiger partial charge in [-0.25, -0.2) is 22.9 Å². The highest BCUT2D eigenvalue weighted by Gasteiger charge is 2.23. The molecular formula is C36H42N6O3S. The van der Waals surface area contributed by atoms with Crippen molar-refractivity contribution in [2.75, 3.05) is 4.72 Å². The van der Waals surface area contributed by atoms with Gasteiger partial charge in [-0.15, -0.1) is 0 Å². The summed E-state index contributed by atoms with van der Waals surface area (Å²) >= 11 is 0. The molecule has 0 spiro atoms. The van der Waals surface area contributed by atoms with E-state index in [2.05, 4.69) is 71.9 Å². The van der Waals surface area contributed by atoms with Gasteiger partial charge in [0.25, 0.3) is 0 Å². The number of anilines is 1. The van der Waals surface area contributed by atoms with E-state index in [1.807, 2.05) is 37.3 Å². The van der Waals surface area contributed by atoms with E-state index in [1.54, 1.807) is 34.5 Å². The predicted octanol–water partition coefficient (Wildman–Crippen LogP) is 6.55. The van der Waals surface area contributed by atoms with Gasteiger partial charge >= 0.3 is 5.69 Å². The highest BCUT2D eigenvalue weighted by molar-refractivity contribution is 7.92. The molecule has 0 amide bonds. The maximum atomic E-state index is 13.1. The van der Waals surface area contributed by atoms with Crippen LogP contribution < -0.4 is 10.4 Å². The van der Waals surface area contributed by atoms with Gasteiger partial charge in [-0.3, -0.25) is 14.3 Å². The summed E-state index contributed by atoms with van der Waals surface area (Å²) in [7, 11) is -3.68. The Morgan fingerprint density at radius 1 is 0.848 bits per heavy atom. The average Bonchev–Trinajstić information content (AvgIpc) is 3.34. The van der Waals surface area contributed by atoms with E-state index in [-0.39, 0.29) is 16.9 Å². The van der Waals surface area contributed by atoms with Crippen LogP contribution in [0, 0.1) is 0 Å². The number of rotatable bonds is 12. The van der Waals surface area contributed by atoms with E-state index in [4.69, 9.17) is 5.10 Å². The van der Waals surface area contributed by atoms with Crippen LogP contribution in [0.25, 0.3) is 11.3 Å². The van der Waals surface area contributed by atoms with Crippen LogP contribution in [0.2, 0.25) is 0 Å². The highest BCUT2D eigenvalue weighted by Crippen LogP contribution is 2.25. The summed E-state index contributed by atoms with van der Waals surface area (Å²) in [6.07, 6.45) is 5.40. The van der Waals surface area contributed by atoms with E-state index < -0.39 is 15.3 Å². The first-order valence-corrected chi connectivity index (χ1v) is 17.2. The molecule has 0 aliphatic carbocycles. The normalized spacial score (nSPS) is 12.6. The maximum absolute atomic E-state index is 13.1. The third-order valence-corrected chi connectivity index (χ3v) is 9.91. The van der Waals surface area contributed by atoms with Gasteiger partial charge in [0.1, 0.15) is 11.1 Å². The van der Waals surface area contributed by atoms with Gasteiger partial charge in [0.2, 0.25) is 10.0 Å². The molecule has 1 atom stereocenters. The van der Waals surface area contributed by atoms with Crippen LogP contribution in [-0.2, 0) is 41.4 Å². The number of aryl methyl sites for hydroxylation is 2. The SMILES string of the molecule is CCn1c(CCCc2ccc(-c3cnc(NS(=O)(=O)C(C)c4ccccc4)cn3)cc2)nn(Cc2ccc(C(C)(C)C)cc2)c1=O. The van der Waals surface area contributed by atoms with Crippen LogP contribution in [0.4, 0.5) is 5.82 Å². The standard InChI is InChI=1S/C36H42N6O3S/c1-6-41-34(39-42(35(41)43)25-28-17-21-31(22-18-28)36(3,4)5)14-10-11-27-15-19-30(20-16-27)32-23-38-33(24-37-32)40-46(44,45)26(2)29-12-8-7-9-13-29/h7-9,12-13,15-24,26H,6,10-11,14,25H2,1-5H3,(H,38,40). The monoisotopic (exact) mass is 638 g/mol. The Kier molecular flexibility index (Phi) is 9.86. The molecule has 0 bridgehead atoms. The number of sulfonamides is 1. The Labute approximate surface area is 271 Å². The van der Waals surface area contributed by atoms with E-state index in [9.17, 15) is 13.2 Å². The zero-order chi connectivity index (χ0) is 32.9. The lowest BCUT2D eigenvalue weighted by Crippen LogP contribution is -2.25. The molecule has 0 saturated heterocycles. The molecule has 5 aromatic rings. The molecule has 1 N–H and O–H groups in total. The van der Waals surface area contributed by atoms with Gasteiger partial charge in [-0.05, 0) is 54.4 Å². The lowest BCUT2D eigenvalue weighted by Gasteiger charge is -2.19. The first-order valence-electron chi connectivity index (χ1n) is 15.7. The van der Waals surface area contributed by atoms with E-state index >= 15 is 0 Å². The van der Waals surface area contributed by atoms with Crippen molar-refractivity contribution < 1.29 is 8.42 Å². The summed E-state index contributed by atoms with van der Waals surface area (Å²) in [5.41, 5.74) is 5.73. The van der Waals surface area contributed by atoms with Crippen molar-refractivity contribution in [3.63, 3.8) is 0 Å². The first-order chi connectivity index (χ1) is 21.9. The topological polar surface area (TPSA) is 112 Å². The van der Waals surface area contributed by atoms with Crippen molar-refractivity contribution in [1.82, 2.24) is 24.3 Å². The molecule has 0 radical (unpaired) electrons. The summed E-state index contributed by atoms with van der Waals surface area (Å²) < 4.78 is 31.5. The van der Waals surface area contributed by atoms with Crippen LogP contribution in [-0.4, -0.2) is 32.7 Å². The minimum Gasteiger partial charge on any atom is -0.279 e. The molecule has 0 saturated carbocycles. The molecule has 2 heterocycles. The van der Waals surface area contributed by atoms with Crippen LogP contribution >= 0.6 is 0 Å². The first kappa shape index (κ1) is 32.8. The van der Waals surface area contributed by atoms with Crippen LogP contribution in [0.15, 0.2) is 96.1 Å². The summed E-state index contributed by atoms with van der Waals surface area (Å²) in [5, 5.41) is 3.96. The fourth-order valence-corrected chi connectivity index (χ4v) is 6.42. The molecule has 10 heteroatoms. The minimum absolute atomic E-state index is 0.0765. The zero-order valence-corrected chi connectivity index (χ0v) is 28.0. The molecule has 1 unspecified atom stereocenters. The number of hydrogen-bond acceptors (Lipinski definition) is 6. The molecule has 3 aromatic carbocycles. The smallest absolute Gasteiger partial charge is 0.279 e. The third kappa shape index (κ3) is 7.80. The van der Waals surface area contributed by atoms with Gasteiger partial charge in [0.15, 0.2) is 5.82 Å². The van der Waals surface area contributed by atoms with Crippen molar-refractivity contribution in [1.29, 1.82) is 0 Å². The van der Waals surface area contributed by atoms with Crippen LogP contribution in [0.1, 0.15) is 74.4 Å². The van der Waals surface area contributed by atoms with E-state index in [0.717, 1.165) is 29.8 Å². The fraction of sp³-hybridized carbons (Fsp3) is 0.333. The molecule has 46 heavy (non-hydrogen) atoms. The number of nitrogens with one attached hydrogen (secondary N) is 1. The van der Waals surface area contributed by atoms with Gasteiger partial charge in [0.05, 0.1) is 24.6 Å². The lowest BCUT2D eigenvalue weighted by molar-refractivity contribution is 0.588. The van der Waals surface area contributed by atoms with E-state index in [1.165, 1.54) is 17.3 Å². The molecule has 9 nitrogen and oxygen atoms in total. The summed E-state index contributed by atoms with van der Waals surface area (Å²) in [5.74, 6) is 0.981. The Hall–Kier alpha value is -4.57. The Bertz CT molecular complexity index is 1910. The average molecular weight is 639 g/mol. The van der Waals surface area contributed by atoms with Crippen molar-refractivity contribution in [3.05, 3.63) is 130 Å². The molecular weight excluding hydrogens is 597 g/mol. The summed E-state index contributed by atoms with van der Waals surface area (Å²) in [4.78, 5) is 21.8. The molecule has 0 aliphatic heterocycles. The quantitative estimate of drug-likeness (QED) is 0.166. The fourth-order valence-electron chi connectivity index (χ4n) is 5.33. The van der Waals surface area contributed by atoms with Crippen molar-refractivity contribution >= 4 is 15.8 Å². The number of benzene rings is 3. The molecule has 240 valence electrons. The second-order valence-electron chi connectivity index (χ2n) is 12.6. The largest absolute Gasteiger partial charge is 0.346 e. The van der Waals surface area contributed by atoms with Crippen LogP contribution in [0.5, 0.6) is 0 Å². The second-order valence-corrected chi connectivity index (χ2v) is 14.6. The summed E-state index contributed by atoms with van der Waals surface area (Å²) in [6.45, 7) is 11.2. The van der Waals surface area contributed by atoms with Gasteiger partial charge in [-0.1, -0.05) is 99.6 Å². The van der Waals surface area contributed by atoms with Crippen molar-refractivity contribution in [2.45, 2.75) is 77.6 Å². The van der Waals surface area contributed by atoms with Gasteiger partial charge in [0, 0.05) is 18.5 Å². The van der Waals surface area contributed by atoms with Crippen molar-refractivity contribution in [2.24, 2.45) is 0 Å². The number of nitrogens with zero attached hydrogens (tertiary/aromatic N) is 5. The maximum Gasteiger partial charge on any atom is 0.346 e. The Balaban J connectivity index is 1.17. The highest BCUT2D eigenvalue weighted by atomic mass is 32.2. The zero-order valence-electron chi connectivity index (χ0n) is 27.1. The second kappa shape index (κ2) is 13.8. The summed E-state index contributed by atoms with van der Waals surface area (Å²) in [6, 6.07) is 25.6. The third-order valence-electron chi connectivity index (χ3n) is 8.22. The molecule has 0 fully saturated rings. The lowest BCUT2D eigenvalue weighted by atomic mass is 9.87. The van der Waals surface area contributed by atoms with E-state index in [0.29, 0.717) is 30.8 Å². The van der Waals surface area contributed by atoms with Gasteiger partial charge < -0.3 is 0 Å². The van der Waals surface area contributed by atoms with Gasteiger partial charge in [-0.2, -0.15) is 5.10 Å². The number of aromatic nitrogens is 5. The Morgan fingerprint density at radius 2 is 1.52 bits per heavy atom. The molecule has 2 aromatic heterocycles. The number of hydrogen-bond donors (Lipinski definition) is 1. The molecule has 0 aliphatic rings. The minimum atomic E-state index is -3.68. The van der Waals surface area contributed by atoms with Crippen LogP contribution in [0.3, 0.4) is 0 Å². The Morgan fingerprint density at radius 3 is 2.13 bits per heavy atom. The van der Waals surface area contributed by atoms with Crippen molar-refractivity contribution in [3.8, 4) is 11.3 Å². The predicted molar refractivity (Wildman–Crippen MR) is 183 cm³/mol.